The number of aryl methyl sites for hydroxylation is 3. The van der Waals surface area contributed by atoms with E-state index in [0.717, 1.165) is 16.7 Å². The molecule has 1 aromatic carbocycles. The number of methoxy groups -OCH3 is 1. The second-order valence-electron chi connectivity index (χ2n) is 6.40. The van der Waals surface area contributed by atoms with Crippen molar-refractivity contribution in [2.24, 2.45) is 11.8 Å². The van der Waals surface area contributed by atoms with Crippen molar-refractivity contribution in [3.63, 3.8) is 0 Å². The number of ketones is 1. The van der Waals surface area contributed by atoms with Crippen LogP contribution in [0, 0.1) is 32.6 Å². The maximum Gasteiger partial charge on any atom is 0.307 e. The summed E-state index contributed by atoms with van der Waals surface area (Å²) >= 11 is 0. The minimum atomic E-state index is -0.893. The Morgan fingerprint density at radius 2 is 1.68 bits per heavy atom. The van der Waals surface area contributed by atoms with E-state index in [2.05, 4.69) is 12.1 Å². The third-order valence-corrected chi connectivity index (χ3v) is 4.77. The largest absolute Gasteiger partial charge is 0.481 e. The predicted molar refractivity (Wildman–Crippen MR) is 84.0 cm³/mol. The molecule has 0 amide bonds. The molecule has 1 aromatic rings. The first kappa shape index (κ1) is 16.7. The summed E-state index contributed by atoms with van der Waals surface area (Å²) < 4.78 is 5.27. The van der Waals surface area contributed by atoms with E-state index < -0.39 is 17.8 Å². The lowest BCUT2D eigenvalue weighted by molar-refractivity contribution is -0.145. The van der Waals surface area contributed by atoms with Crippen LogP contribution in [-0.4, -0.2) is 30.1 Å². The van der Waals surface area contributed by atoms with Gasteiger partial charge in [-0.3, -0.25) is 9.59 Å². The highest BCUT2D eigenvalue weighted by Crippen LogP contribution is 2.35. The van der Waals surface area contributed by atoms with Crippen LogP contribution in [0.25, 0.3) is 0 Å². The number of carbonyl (C=O) groups excluding carboxylic acids is 1. The first-order valence-electron chi connectivity index (χ1n) is 7.68. The van der Waals surface area contributed by atoms with E-state index in [-0.39, 0.29) is 11.9 Å². The Hall–Kier alpha value is -1.68. The smallest absolute Gasteiger partial charge is 0.307 e. The Morgan fingerprint density at radius 3 is 2.18 bits per heavy atom. The fraction of sp³-hybridized carbons (Fsp3) is 0.556. The summed E-state index contributed by atoms with van der Waals surface area (Å²) in [6.45, 7) is 6.04. The number of hydrogen-bond donors (Lipinski definition) is 1. The van der Waals surface area contributed by atoms with Crippen LogP contribution < -0.4 is 0 Å². The molecule has 0 heterocycles. The van der Waals surface area contributed by atoms with E-state index >= 15 is 0 Å². The SMILES string of the molecule is COC1CC(C(=O)O)C(C(=O)Cc2c(C)cc(C)cc2C)C1. The molecule has 0 aliphatic heterocycles. The van der Waals surface area contributed by atoms with Gasteiger partial charge in [-0.25, -0.2) is 0 Å². The van der Waals surface area contributed by atoms with E-state index in [0.29, 0.717) is 19.3 Å². The van der Waals surface area contributed by atoms with Crippen molar-refractivity contribution >= 4 is 11.8 Å². The van der Waals surface area contributed by atoms with Gasteiger partial charge in [0.1, 0.15) is 5.78 Å². The molecule has 0 saturated heterocycles. The molecular formula is C18H24O4. The highest BCUT2D eigenvalue weighted by Gasteiger charge is 2.42. The minimum Gasteiger partial charge on any atom is -0.481 e. The second kappa shape index (κ2) is 6.61. The van der Waals surface area contributed by atoms with Crippen molar-refractivity contribution < 1.29 is 19.4 Å². The number of carbonyl (C=O) groups is 2. The van der Waals surface area contributed by atoms with Crippen LogP contribution in [0.1, 0.15) is 35.1 Å². The molecule has 1 aliphatic rings. The molecule has 4 nitrogen and oxygen atoms in total. The first-order chi connectivity index (χ1) is 10.3. The standard InChI is InChI=1S/C18H24O4/c1-10-5-11(2)14(12(3)6-10)9-17(19)15-7-13(22-4)8-16(15)18(20)21/h5-6,13,15-16H,7-9H2,1-4H3,(H,20,21). The Balaban J connectivity index is 2.20. The lowest BCUT2D eigenvalue weighted by Gasteiger charge is -2.16. The van der Waals surface area contributed by atoms with Crippen LogP contribution in [0.4, 0.5) is 0 Å². The summed E-state index contributed by atoms with van der Waals surface area (Å²) in [6.07, 6.45) is 1.11. The third kappa shape index (κ3) is 3.38. The molecule has 3 unspecified atom stereocenters. The third-order valence-electron chi connectivity index (χ3n) is 4.77. The number of ether oxygens (including phenoxy) is 1. The maximum absolute atomic E-state index is 12.7. The summed E-state index contributed by atoms with van der Waals surface area (Å²) in [4.78, 5) is 24.1. The zero-order valence-corrected chi connectivity index (χ0v) is 13.7. The average Bonchev–Trinajstić information content (AvgIpc) is 2.87. The molecule has 1 saturated carbocycles. The zero-order chi connectivity index (χ0) is 16.4. The Kier molecular flexibility index (Phi) is 5.01. The van der Waals surface area contributed by atoms with Crippen LogP contribution in [-0.2, 0) is 20.7 Å². The summed E-state index contributed by atoms with van der Waals surface area (Å²) in [5, 5.41) is 9.35. The number of hydrogen-bond acceptors (Lipinski definition) is 3. The fourth-order valence-corrected chi connectivity index (χ4v) is 3.61. The minimum absolute atomic E-state index is 0.0157. The van der Waals surface area contributed by atoms with E-state index in [4.69, 9.17) is 4.74 Å². The van der Waals surface area contributed by atoms with Gasteiger partial charge in [-0.2, -0.15) is 0 Å². The number of benzene rings is 1. The van der Waals surface area contributed by atoms with Gasteiger partial charge in [-0.05, 0) is 50.3 Å². The van der Waals surface area contributed by atoms with Crippen molar-refractivity contribution in [1.29, 1.82) is 0 Å². The van der Waals surface area contributed by atoms with Gasteiger partial charge >= 0.3 is 5.97 Å². The fourth-order valence-electron chi connectivity index (χ4n) is 3.61. The molecule has 1 fully saturated rings. The lowest BCUT2D eigenvalue weighted by Crippen LogP contribution is -2.26. The van der Waals surface area contributed by atoms with Gasteiger partial charge in [0.2, 0.25) is 0 Å². The van der Waals surface area contributed by atoms with Gasteiger partial charge in [0.05, 0.1) is 12.0 Å². The molecule has 22 heavy (non-hydrogen) atoms. The van der Waals surface area contributed by atoms with Gasteiger partial charge in [-0.1, -0.05) is 17.7 Å². The first-order valence-corrected chi connectivity index (χ1v) is 7.68. The second-order valence-corrected chi connectivity index (χ2v) is 6.40. The van der Waals surface area contributed by atoms with Gasteiger partial charge in [0.25, 0.3) is 0 Å². The molecule has 2 rings (SSSR count). The van der Waals surface area contributed by atoms with Gasteiger partial charge in [0.15, 0.2) is 0 Å². The van der Waals surface area contributed by atoms with Crippen molar-refractivity contribution in [2.75, 3.05) is 7.11 Å². The van der Waals surface area contributed by atoms with E-state index in [1.165, 1.54) is 5.56 Å². The van der Waals surface area contributed by atoms with Crippen molar-refractivity contribution in [1.82, 2.24) is 0 Å². The molecule has 0 aromatic heterocycles. The molecule has 120 valence electrons. The maximum atomic E-state index is 12.7. The topological polar surface area (TPSA) is 63.6 Å². The van der Waals surface area contributed by atoms with E-state index in [1.54, 1.807) is 7.11 Å². The van der Waals surface area contributed by atoms with E-state index in [1.807, 2.05) is 20.8 Å². The summed E-state index contributed by atoms with van der Waals surface area (Å²) in [7, 11) is 1.57. The summed E-state index contributed by atoms with van der Waals surface area (Å²) in [6, 6.07) is 4.13. The van der Waals surface area contributed by atoms with Crippen LogP contribution in [0.5, 0.6) is 0 Å². The van der Waals surface area contributed by atoms with Gasteiger partial charge < -0.3 is 9.84 Å². The number of rotatable bonds is 5. The van der Waals surface area contributed by atoms with Gasteiger partial charge in [0, 0.05) is 19.4 Å². The number of carboxylic acids is 1. The highest BCUT2D eigenvalue weighted by atomic mass is 16.5. The Bertz CT molecular complexity index is 568. The van der Waals surface area contributed by atoms with Crippen molar-refractivity contribution in [3.8, 4) is 0 Å². The molecule has 4 heteroatoms. The summed E-state index contributed by atoms with van der Waals surface area (Å²) in [5.41, 5.74) is 4.40. The monoisotopic (exact) mass is 304 g/mol. The molecular weight excluding hydrogens is 280 g/mol. The normalized spacial score (nSPS) is 24.5. The van der Waals surface area contributed by atoms with Crippen LogP contribution in [0.3, 0.4) is 0 Å². The Labute approximate surface area is 131 Å². The Morgan fingerprint density at radius 1 is 1.14 bits per heavy atom. The number of aliphatic carboxylic acids is 1. The van der Waals surface area contributed by atoms with Gasteiger partial charge in [-0.15, -0.1) is 0 Å². The molecule has 0 spiro atoms. The molecule has 1 aliphatic carbocycles. The van der Waals surface area contributed by atoms with E-state index in [9.17, 15) is 14.7 Å². The van der Waals surface area contributed by atoms with Crippen LogP contribution >= 0.6 is 0 Å². The molecule has 1 N–H and O–H groups in total. The lowest BCUT2D eigenvalue weighted by atomic mass is 9.86. The average molecular weight is 304 g/mol. The van der Waals surface area contributed by atoms with Crippen LogP contribution in [0.15, 0.2) is 12.1 Å². The number of Topliss-reactive ketones (excluding diaryl/α,β-unsaturated/α-hetero) is 1. The van der Waals surface area contributed by atoms with Crippen molar-refractivity contribution in [3.05, 3.63) is 34.4 Å². The quantitative estimate of drug-likeness (QED) is 0.908. The molecule has 0 radical (unpaired) electrons. The summed E-state index contributed by atoms with van der Waals surface area (Å²) in [5.74, 6) is -1.94. The highest BCUT2D eigenvalue weighted by molar-refractivity contribution is 5.88. The van der Waals surface area contributed by atoms with Crippen LogP contribution in [0.2, 0.25) is 0 Å². The van der Waals surface area contributed by atoms with Crippen molar-refractivity contribution in [2.45, 2.75) is 46.1 Å². The number of carboxylic acid groups (broad SMARTS) is 1. The predicted octanol–water partition coefficient (Wildman–Crippen LogP) is 2.85. The molecule has 0 bridgehead atoms. The zero-order valence-electron chi connectivity index (χ0n) is 13.7. The molecule has 3 atom stereocenters.